The Morgan fingerprint density at radius 2 is 2.04 bits per heavy atom. The molecule has 2 N–H and O–H groups in total. The summed E-state index contributed by atoms with van der Waals surface area (Å²) in [5.41, 5.74) is 0.990. The van der Waals surface area contributed by atoms with Crippen LogP contribution in [-0.2, 0) is 6.54 Å². The van der Waals surface area contributed by atoms with Gasteiger partial charge in [-0.1, -0.05) is 38.8 Å². The van der Waals surface area contributed by atoms with Crippen LogP contribution in [-0.4, -0.2) is 24.2 Å². The van der Waals surface area contributed by atoms with Crippen molar-refractivity contribution in [2.45, 2.75) is 65.8 Å². The van der Waals surface area contributed by atoms with E-state index in [-0.39, 0.29) is 0 Å². The Morgan fingerprint density at radius 3 is 2.65 bits per heavy atom. The van der Waals surface area contributed by atoms with E-state index in [0.29, 0.717) is 12.5 Å². The summed E-state index contributed by atoms with van der Waals surface area (Å²) in [6.07, 6.45) is 5.37. The van der Waals surface area contributed by atoms with Gasteiger partial charge in [0.15, 0.2) is 11.7 Å². The van der Waals surface area contributed by atoms with E-state index in [2.05, 4.69) is 48.5 Å². The van der Waals surface area contributed by atoms with Gasteiger partial charge in [-0.05, 0) is 37.5 Å². The monoisotopic (exact) mass is 320 g/mol. The third-order valence-corrected chi connectivity index (χ3v) is 4.60. The average molecular weight is 320 g/mol. The molecule has 1 aromatic heterocycles. The van der Waals surface area contributed by atoms with Gasteiger partial charge in [0.05, 0.1) is 5.69 Å². The molecule has 1 aliphatic rings. The van der Waals surface area contributed by atoms with Crippen LogP contribution in [0, 0.1) is 11.8 Å². The number of nitrogens with zero attached hydrogens (tertiary/aromatic N) is 2. The van der Waals surface area contributed by atoms with Crippen molar-refractivity contribution < 1.29 is 4.52 Å². The predicted molar refractivity (Wildman–Crippen MR) is 94.5 cm³/mol. The number of hydrogen-bond acceptors (Lipinski definition) is 3. The Morgan fingerprint density at radius 1 is 1.30 bits per heavy atom. The fraction of sp³-hybridized carbons (Fsp3) is 0.778. The van der Waals surface area contributed by atoms with Crippen molar-refractivity contribution in [1.29, 1.82) is 0 Å². The Balaban J connectivity index is 1.83. The molecule has 1 aromatic rings. The molecule has 0 radical (unpaired) electrons. The smallest absolute Gasteiger partial charge is 0.191 e. The molecule has 130 valence electrons. The van der Waals surface area contributed by atoms with Gasteiger partial charge in [0.2, 0.25) is 0 Å². The molecule has 1 fully saturated rings. The SMILES string of the molecule is CCNC(=NCc1cc(C(C)C)no1)NCC1CCC(C)CC1. The summed E-state index contributed by atoms with van der Waals surface area (Å²) in [5, 5.41) is 10.9. The molecule has 0 amide bonds. The van der Waals surface area contributed by atoms with Crippen molar-refractivity contribution in [3.63, 3.8) is 0 Å². The second kappa shape index (κ2) is 8.94. The molecule has 2 rings (SSSR count). The van der Waals surface area contributed by atoms with Crippen molar-refractivity contribution in [3.05, 3.63) is 17.5 Å². The van der Waals surface area contributed by atoms with Gasteiger partial charge in [0.25, 0.3) is 0 Å². The van der Waals surface area contributed by atoms with Gasteiger partial charge >= 0.3 is 0 Å². The normalized spacial score (nSPS) is 22.4. The van der Waals surface area contributed by atoms with Crippen molar-refractivity contribution >= 4 is 5.96 Å². The number of hydrogen-bond donors (Lipinski definition) is 2. The van der Waals surface area contributed by atoms with Crippen LogP contribution in [0.5, 0.6) is 0 Å². The fourth-order valence-corrected chi connectivity index (χ4v) is 2.95. The molecular formula is C18H32N4O. The number of aromatic nitrogens is 1. The van der Waals surface area contributed by atoms with Gasteiger partial charge in [0.1, 0.15) is 6.54 Å². The van der Waals surface area contributed by atoms with Crippen LogP contribution < -0.4 is 10.6 Å². The molecule has 0 aromatic carbocycles. The van der Waals surface area contributed by atoms with Gasteiger partial charge < -0.3 is 15.2 Å². The minimum absolute atomic E-state index is 0.386. The molecule has 0 aliphatic heterocycles. The quantitative estimate of drug-likeness (QED) is 0.620. The maximum absolute atomic E-state index is 5.35. The van der Waals surface area contributed by atoms with Gasteiger partial charge in [-0.3, -0.25) is 0 Å². The average Bonchev–Trinajstić information content (AvgIpc) is 3.01. The molecule has 0 spiro atoms. The van der Waals surface area contributed by atoms with E-state index in [1.54, 1.807) is 0 Å². The lowest BCUT2D eigenvalue weighted by Crippen LogP contribution is -2.40. The third kappa shape index (κ3) is 5.88. The highest BCUT2D eigenvalue weighted by Gasteiger charge is 2.18. The topological polar surface area (TPSA) is 62.5 Å². The van der Waals surface area contributed by atoms with Gasteiger partial charge in [-0.15, -0.1) is 0 Å². The summed E-state index contributed by atoms with van der Waals surface area (Å²) in [5.74, 6) is 3.74. The van der Waals surface area contributed by atoms with Crippen LogP contribution in [0.1, 0.15) is 70.8 Å². The molecule has 5 nitrogen and oxygen atoms in total. The molecule has 0 unspecified atom stereocenters. The number of aliphatic imine (C=N–C) groups is 1. The number of rotatable bonds is 6. The highest BCUT2D eigenvalue weighted by Crippen LogP contribution is 2.27. The Hall–Kier alpha value is -1.52. The summed E-state index contributed by atoms with van der Waals surface area (Å²) in [7, 11) is 0. The minimum atomic E-state index is 0.386. The number of guanidine groups is 1. The second-order valence-corrected chi connectivity index (χ2v) is 7.07. The molecule has 5 heteroatoms. The van der Waals surface area contributed by atoms with E-state index in [0.717, 1.165) is 42.3 Å². The van der Waals surface area contributed by atoms with Gasteiger partial charge in [-0.25, -0.2) is 4.99 Å². The predicted octanol–water partition coefficient (Wildman–Crippen LogP) is 3.68. The van der Waals surface area contributed by atoms with Crippen LogP contribution in [0.2, 0.25) is 0 Å². The van der Waals surface area contributed by atoms with Crippen molar-refractivity contribution in [3.8, 4) is 0 Å². The lowest BCUT2D eigenvalue weighted by atomic mass is 9.83. The first-order valence-electron chi connectivity index (χ1n) is 9.06. The largest absolute Gasteiger partial charge is 0.359 e. The van der Waals surface area contributed by atoms with Crippen molar-refractivity contribution in [2.24, 2.45) is 16.8 Å². The first kappa shape index (κ1) is 17.8. The highest BCUT2D eigenvalue weighted by molar-refractivity contribution is 5.79. The van der Waals surface area contributed by atoms with Crippen LogP contribution in [0.4, 0.5) is 0 Å². The summed E-state index contributed by atoms with van der Waals surface area (Å²) < 4.78 is 5.35. The highest BCUT2D eigenvalue weighted by atomic mass is 16.5. The zero-order valence-corrected chi connectivity index (χ0v) is 15.1. The van der Waals surface area contributed by atoms with Crippen LogP contribution in [0.15, 0.2) is 15.6 Å². The van der Waals surface area contributed by atoms with Crippen LogP contribution in [0.3, 0.4) is 0 Å². The minimum Gasteiger partial charge on any atom is -0.359 e. The van der Waals surface area contributed by atoms with E-state index in [9.17, 15) is 0 Å². The number of nitrogens with one attached hydrogen (secondary N) is 2. The molecule has 23 heavy (non-hydrogen) atoms. The van der Waals surface area contributed by atoms with Gasteiger partial charge in [0, 0.05) is 19.2 Å². The maximum Gasteiger partial charge on any atom is 0.191 e. The lowest BCUT2D eigenvalue weighted by molar-refractivity contribution is 0.289. The summed E-state index contributed by atoms with van der Waals surface area (Å²) >= 11 is 0. The summed E-state index contributed by atoms with van der Waals surface area (Å²) in [4.78, 5) is 4.62. The van der Waals surface area contributed by atoms with Crippen LogP contribution in [0.25, 0.3) is 0 Å². The molecule has 1 aliphatic carbocycles. The van der Waals surface area contributed by atoms with Gasteiger partial charge in [-0.2, -0.15) is 0 Å². The van der Waals surface area contributed by atoms with E-state index >= 15 is 0 Å². The maximum atomic E-state index is 5.35. The summed E-state index contributed by atoms with van der Waals surface area (Å²) in [6, 6.07) is 2.00. The zero-order valence-electron chi connectivity index (χ0n) is 15.1. The summed E-state index contributed by atoms with van der Waals surface area (Å²) in [6.45, 7) is 11.1. The molecule has 1 saturated carbocycles. The third-order valence-electron chi connectivity index (χ3n) is 4.60. The van der Waals surface area contributed by atoms with E-state index in [1.165, 1.54) is 25.7 Å². The van der Waals surface area contributed by atoms with E-state index in [1.807, 2.05) is 6.07 Å². The molecule has 0 saturated heterocycles. The van der Waals surface area contributed by atoms with Crippen molar-refractivity contribution in [1.82, 2.24) is 15.8 Å². The molecular weight excluding hydrogens is 288 g/mol. The lowest BCUT2D eigenvalue weighted by Gasteiger charge is -2.26. The molecule has 0 bridgehead atoms. The fourth-order valence-electron chi connectivity index (χ4n) is 2.95. The first-order valence-corrected chi connectivity index (χ1v) is 9.06. The Bertz CT molecular complexity index is 487. The Labute approximate surface area is 140 Å². The van der Waals surface area contributed by atoms with Crippen molar-refractivity contribution in [2.75, 3.05) is 13.1 Å². The van der Waals surface area contributed by atoms with Crippen LogP contribution >= 0.6 is 0 Å². The standard InChI is InChI=1S/C18H32N4O/c1-5-19-18(20-11-15-8-6-14(4)7-9-15)21-12-16-10-17(13(2)3)22-23-16/h10,13-15H,5-9,11-12H2,1-4H3,(H2,19,20,21). The zero-order chi connectivity index (χ0) is 16.7. The first-order chi connectivity index (χ1) is 11.1. The molecule has 1 heterocycles. The Kier molecular flexibility index (Phi) is 6.93. The molecule has 0 atom stereocenters. The van der Waals surface area contributed by atoms with E-state index < -0.39 is 0 Å². The second-order valence-electron chi connectivity index (χ2n) is 7.07. The van der Waals surface area contributed by atoms with E-state index in [4.69, 9.17) is 4.52 Å².